The summed E-state index contributed by atoms with van der Waals surface area (Å²) >= 11 is 17.7. The molecule has 0 saturated heterocycles. The summed E-state index contributed by atoms with van der Waals surface area (Å²) in [4.78, 5) is 30.4. The number of carboxylic acids is 1. The molecular formula is C38H44Br2Cl2FN5O8. The van der Waals surface area contributed by atoms with Gasteiger partial charge in [-0.25, -0.2) is 34.1 Å². The van der Waals surface area contributed by atoms with E-state index in [1.807, 2.05) is 26.8 Å². The van der Waals surface area contributed by atoms with Crippen molar-refractivity contribution in [3.8, 4) is 17.6 Å². The molecule has 0 spiro atoms. The second-order valence-corrected chi connectivity index (χ2v) is 13.6. The van der Waals surface area contributed by atoms with Gasteiger partial charge in [0.2, 0.25) is 17.6 Å². The lowest BCUT2D eigenvalue weighted by atomic mass is 10.2. The first-order valence-corrected chi connectivity index (χ1v) is 18.6. The molecule has 0 atom stereocenters. The number of methoxy groups -OCH3 is 3. The van der Waals surface area contributed by atoms with Gasteiger partial charge in [-0.1, -0.05) is 23.2 Å². The molecule has 0 aromatic carbocycles. The van der Waals surface area contributed by atoms with Crippen molar-refractivity contribution in [2.24, 2.45) is 0 Å². The zero-order valence-corrected chi connectivity index (χ0v) is 36.7. The number of aryl methyl sites for hydroxylation is 5. The highest BCUT2D eigenvalue weighted by atomic mass is 79.9. The number of hydrogen-bond acceptors (Lipinski definition) is 12. The van der Waals surface area contributed by atoms with Crippen molar-refractivity contribution >= 4 is 61.0 Å². The Morgan fingerprint density at radius 2 is 1.02 bits per heavy atom. The van der Waals surface area contributed by atoms with Crippen LogP contribution in [0.4, 0.5) is 4.39 Å². The summed E-state index contributed by atoms with van der Waals surface area (Å²) in [7, 11) is 4.62. The number of carboxylic acid groups (broad SMARTS) is 1. The van der Waals surface area contributed by atoms with Crippen molar-refractivity contribution in [1.82, 2.24) is 24.9 Å². The number of hydrogen-bond donors (Lipinski definition) is 4. The van der Waals surface area contributed by atoms with Crippen LogP contribution < -0.4 is 14.2 Å². The average Bonchev–Trinajstić information content (AvgIpc) is 3.16. The van der Waals surface area contributed by atoms with Crippen molar-refractivity contribution in [1.29, 1.82) is 0 Å². The van der Waals surface area contributed by atoms with Crippen LogP contribution in [0.25, 0.3) is 0 Å². The number of aromatic nitrogens is 5. The van der Waals surface area contributed by atoms with Crippen molar-refractivity contribution in [3.05, 3.63) is 124 Å². The van der Waals surface area contributed by atoms with Crippen LogP contribution in [-0.2, 0) is 26.5 Å². The molecular weight excluding hydrogens is 904 g/mol. The molecule has 0 unspecified atom stereocenters. The quantitative estimate of drug-likeness (QED) is 0.109. The van der Waals surface area contributed by atoms with Gasteiger partial charge in [-0.3, -0.25) is 0 Å². The molecule has 0 saturated carbocycles. The molecule has 5 heterocycles. The molecule has 5 rings (SSSR count). The fourth-order valence-corrected chi connectivity index (χ4v) is 5.41. The number of halogens is 5. The Morgan fingerprint density at radius 1 is 0.607 bits per heavy atom. The van der Waals surface area contributed by atoms with E-state index >= 15 is 0 Å². The van der Waals surface area contributed by atoms with E-state index in [0.29, 0.717) is 38.5 Å². The molecule has 0 radical (unpaired) electrons. The van der Waals surface area contributed by atoms with Crippen LogP contribution in [0.5, 0.6) is 17.6 Å². The molecule has 0 amide bonds. The number of nitrogens with zero attached hydrogens (tertiary/aromatic N) is 5. The van der Waals surface area contributed by atoms with E-state index in [2.05, 4.69) is 56.8 Å². The Labute approximate surface area is 352 Å². The number of aliphatic hydroxyl groups is 3. The van der Waals surface area contributed by atoms with Crippen LogP contribution in [0.2, 0.25) is 10.3 Å². The molecule has 0 aliphatic carbocycles. The molecule has 5 aromatic heterocycles. The zero-order valence-electron chi connectivity index (χ0n) is 32.0. The monoisotopic (exact) mass is 945 g/mol. The number of pyridine rings is 5. The third-order valence-electron chi connectivity index (χ3n) is 6.80. The molecule has 0 aliphatic heterocycles. The normalized spacial score (nSPS) is 9.86. The van der Waals surface area contributed by atoms with E-state index in [-0.39, 0.29) is 30.5 Å². The summed E-state index contributed by atoms with van der Waals surface area (Å²) in [6.45, 7) is 8.56. The maximum atomic E-state index is 12.4. The van der Waals surface area contributed by atoms with E-state index in [0.717, 1.165) is 43.9 Å². The van der Waals surface area contributed by atoms with Crippen LogP contribution in [0.15, 0.2) is 57.5 Å². The lowest BCUT2D eigenvalue weighted by Gasteiger charge is -2.06. The van der Waals surface area contributed by atoms with Gasteiger partial charge in [0, 0.05) is 49.8 Å². The third-order valence-corrected chi connectivity index (χ3v) is 9.35. The molecule has 13 nitrogen and oxygen atoms in total. The maximum absolute atomic E-state index is 12.4. The molecule has 304 valence electrons. The minimum Gasteiger partial charge on any atom is -0.481 e. The largest absolute Gasteiger partial charge is 0.481 e. The summed E-state index contributed by atoms with van der Waals surface area (Å²) in [6, 6.07) is 13.1. The lowest BCUT2D eigenvalue weighted by Crippen LogP contribution is -1.97. The fourth-order valence-electron chi connectivity index (χ4n) is 4.25. The number of rotatable bonds is 8. The summed E-state index contributed by atoms with van der Waals surface area (Å²) in [5.74, 6) is 0.537. The number of aliphatic hydroxyl groups excluding tert-OH is 3. The van der Waals surface area contributed by atoms with Gasteiger partial charge >= 0.3 is 5.97 Å². The lowest BCUT2D eigenvalue weighted by molar-refractivity contribution is 0.0696. The van der Waals surface area contributed by atoms with Crippen LogP contribution in [0.3, 0.4) is 0 Å². The summed E-state index contributed by atoms with van der Waals surface area (Å²) < 4.78 is 28.7. The van der Waals surface area contributed by atoms with E-state index < -0.39 is 12.6 Å². The molecule has 0 bridgehead atoms. The molecule has 0 aliphatic rings. The Kier molecular flexibility index (Phi) is 23.2. The Morgan fingerprint density at radius 3 is 1.43 bits per heavy atom. The van der Waals surface area contributed by atoms with Gasteiger partial charge in [0.15, 0.2) is 0 Å². The molecule has 5 aromatic rings. The van der Waals surface area contributed by atoms with Gasteiger partial charge < -0.3 is 34.6 Å². The van der Waals surface area contributed by atoms with E-state index in [9.17, 15) is 9.18 Å². The first-order valence-electron chi connectivity index (χ1n) is 16.3. The van der Waals surface area contributed by atoms with Gasteiger partial charge in [-0.2, -0.15) is 0 Å². The van der Waals surface area contributed by atoms with Gasteiger partial charge in [-0.15, -0.1) is 0 Å². The number of aromatic carboxylic acids is 1. The van der Waals surface area contributed by atoms with Gasteiger partial charge in [0.25, 0.3) is 0 Å². The molecule has 18 heteroatoms. The minimum atomic E-state index is -0.989. The van der Waals surface area contributed by atoms with E-state index in [1.54, 1.807) is 58.4 Å². The standard InChI is InChI=1S/C8H9BrFNO.C8H10BrNO2.C8H11NO2.C7H6ClNO2.C7H8ClNO/c1-5-8(9)6(4-10)3-7(11-5)12-2;1-5-8(9)6(4-11)3-7(10-5)12-2;1-6-3-7(5-10)4-8(9-6)11-2;1-4-2-5(7(10)11)3-6(8)9-4;1-5-2-6(4-10)3-7(8)9-5/h3H,4H2,1-2H3;3,11H,4H2,1-2H3;3-4,10H,5H2,1-2H3;2-3H,1H3,(H,10,11);2-3,10H,4H2,1H3. The highest BCUT2D eigenvalue weighted by Gasteiger charge is 2.08. The van der Waals surface area contributed by atoms with Gasteiger partial charge in [-0.05, 0) is 114 Å². The highest BCUT2D eigenvalue weighted by Crippen LogP contribution is 2.25. The minimum absolute atomic E-state index is 0.0136. The molecule has 56 heavy (non-hydrogen) atoms. The van der Waals surface area contributed by atoms with Crippen molar-refractivity contribution in [2.75, 3.05) is 21.3 Å². The Balaban J connectivity index is 0.000000350. The van der Waals surface area contributed by atoms with Crippen molar-refractivity contribution < 1.29 is 43.8 Å². The molecule has 4 N–H and O–H groups in total. The van der Waals surface area contributed by atoms with Crippen LogP contribution in [-0.4, -0.2) is 72.6 Å². The Hall–Kier alpha value is -4.03. The predicted octanol–water partition coefficient (Wildman–Crippen LogP) is 8.45. The van der Waals surface area contributed by atoms with Gasteiger partial charge in [0.05, 0.1) is 58.1 Å². The second kappa shape index (κ2) is 26.0. The Bertz CT molecular complexity index is 1910. The smallest absolute Gasteiger partial charge is 0.335 e. The summed E-state index contributed by atoms with van der Waals surface area (Å²) in [5.41, 5.74) is 7.01. The number of carbonyl (C=O) groups is 1. The zero-order chi connectivity index (χ0) is 42.5. The SMILES string of the molecule is COc1cc(CF)c(Br)c(C)n1.COc1cc(CO)c(Br)c(C)n1.COc1cc(CO)cc(C)n1.Cc1cc(C(=O)O)cc(Cl)n1.Cc1cc(CO)cc(Cl)n1. The van der Waals surface area contributed by atoms with Crippen LogP contribution in [0.1, 0.15) is 61.1 Å². The predicted molar refractivity (Wildman–Crippen MR) is 219 cm³/mol. The van der Waals surface area contributed by atoms with Gasteiger partial charge in [0.1, 0.15) is 17.0 Å². The van der Waals surface area contributed by atoms with E-state index in [4.69, 9.17) is 57.8 Å². The first kappa shape index (κ1) is 50.0. The topological polar surface area (TPSA) is 190 Å². The van der Waals surface area contributed by atoms with E-state index in [1.165, 1.54) is 19.2 Å². The summed E-state index contributed by atoms with van der Waals surface area (Å²) in [6.07, 6.45) is 0. The first-order chi connectivity index (χ1) is 26.4. The second-order valence-electron chi connectivity index (χ2n) is 11.3. The number of ether oxygens (including phenoxy) is 3. The van der Waals surface area contributed by atoms with Crippen molar-refractivity contribution in [3.63, 3.8) is 0 Å². The van der Waals surface area contributed by atoms with Crippen molar-refractivity contribution in [2.45, 2.75) is 61.1 Å². The maximum Gasteiger partial charge on any atom is 0.335 e. The molecule has 0 fully saturated rings. The fraction of sp³-hybridized carbons (Fsp3) is 0.316. The van der Waals surface area contributed by atoms with Crippen LogP contribution >= 0.6 is 55.1 Å². The third kappa shape index (κ3) is 17.8. The summed E-state index contributed by atoms with van der Waals surface area (Å²) in [5, 5.41) is 35.6. The average molecular weight is 949 g/mol. The van der Waals surface area contributed by atoms with Crippen LogP contribution in [0, 0.1) is 34.6 Å². The number of alkyl halides is 1. The highest BCUT2D eigenvalue weighted by molar-refractivity contribution is 9.10.